The van der Waals surface area contributed by atoms with Crippen molar-refractivity contribution >= 4 is 16.9 Å². The predicted molar refractivity (Wildman–Crippen MR) is 102 cm³/mol. The maximum absolute atomic E-state index is 14.0. The number of fused-ring (bicyclic) bond motifs is 1. The van der Waals surface area contributed by atoms with E-state index in [0.717, 1.165) is 22.8 Å². The second kappa shape index (κ2) is 7.42. The van der Waals surface area contributed by atoms with Crippen LogP contribution in [0.2, 0.25) is 0 Å². The maximum Gasteiger partial charge on any atom is 0.253 e. The SMILES string of the molecule is Cc1cc(C)n(CC(C)CNC(=O)c2cc(F)cc3nc(C)c(C)nc23)n1. The minimum absolute atomic E-state index is 0.168. The predicted octanol–water partition coefficient (Wildman–Crippen LogP) is 3.27. The average Bonchev–Trinajstić information content (AvgIpc) is 2.90. The number of rotatable bonds is 5. The molecule has 1 amide bonds. The first-order valence-electron chi connectivity index (χ1n) is 8.98. The third-order valence-electron chi connectivity index (χ3n) is 4.59. The van der Waals surface area contributed by atoms with Crippen LogP contribution in [0.3, 0.4) is 0 Å². The van der Waals surface area contributed by atoms with E-state index in [2.05, 4.69) is 20.4 Å². The monoisotopic (exact) mass is 369 g/mol. The molecule has 2 aromatic heterocycles. The van der Waals surface area contributed by atoms with Crippen molar-refractivity contribution in [2.45, 2.75) is 41.2 Å². The highest BCUT2D eigenvalue weighted by Gasteiger charge is 2.16. The van der Waals surface area contributed by atoms with Gasteiger partial charge < -0.3 is 5.32 Å². The molecule has 1 atom stereocenters. The Hall–Kier alpha value is -2.83. The highest BCUT2D eigenvalue weighted by atomic mass is 19.1. The molecule has 0 saturated carbocycles. The molecule has 0 saturated heterocycles. The summed E-state index contributed by atoms with van der Waals surface area (Å²) >= 11 is 0. The van der Waals surface area contributed by atoms with E-state index in [9.17, 15) is 9.18 Å². The van der Waals surface area contributed by atoms with E-state index in [1.165, 1.54) is 12.1 Å². The molecule has 7 heteroatoms. The highest BCUT2D eigenvalue weighted by molar-refractivity contribution is 6.04. The zero-order valence-corrected chi connectivity index (χ0v) is 16.3. The van der Waals surface area contributed by atoms with Crippen LogP contribution in [0.25, 0.3) is 11.0 Å². The molecule has 0 fully saturated rings. The average molecular weight is 369 g/mol. The number of aryl methyl sites for hydroxylation is 4. The highest BCUT2D eigenvalue weighted by Crippen LogP contribution is 2.19. The summed E-state index contributed by atoms with van der Waals surface area (Å²) in [5, 5.41) is 7.33. The summed E-state index contributed by atoms with van der Waals surface area (Å²) in [6.07, 6.45) is 0. The molecule has 1 N–H and O–H groups in total. The van der Waals surface area contributed by atoms with Crippen molar-refractivity contribution in [2.24, 2.45) is 5.92 Å². The fraction of sp³-hybridized carbons (Fsp3) is 0.400. The van der Waals surface area contributed by atoms with E-state index in [1.807, 2.05) is 45.4 Å². The number of hydrogen-bond donors (Lipinski definition) is 1. The van der Waals surface area contributed by atoms with Crippen molar-refractivity contribution in [3.63, 3.8) is 0 Å². The molecule has 0 aliphatic heterocycles. The van der Waals surface area contributed by atoms with Gasteiger partial charge in [-0.2, -0.15) is 5.10 Å². The first kappa shape index (κ1) is 18.9. The van der Waals surface area contributed by atoms with E-state index in [0.29, 0.717) is 24.1 Å². The quantitative estimate of drug-likeness (QED) is 0.749. The molecule has 0 spiro atoms. The molecule has 0 aliphatic carbocycles. The van der Waals surface area contributed by atoms with Crippen molar-refractivity contribution in [3.8, 4) is 0 Å². The Kier molecular flexibility index (Phi) is 5.21. The minimum atomic E-state index is -0.499. The van der Waals surface area contributed by atoms with E-state index >= 15 is 0 Å². The lowest BCUT2D eigenvalue weighted by atomic mass is 10.1. The van der Waals surface area contributed by atoms with E-state index in [4.69, 9.17) is 0 Å². The van der Waals surface area contributed by atoms with Crippen molar-refractivity contribution in [3.05, 3.63) is 52.4 Å². The van der Waals surface area contributed by atoms with Gasteiger partial charge in [-0.3, -0.25) is 9.48 Å². The van der Waals surface area contributed by atoms with Crippen LogP contribution in [0.1, 0.15) is 40.1 Å². The Balaban J connectivity index is 1.76. The van der Waals surface area contributed by atoms with Gasteiger partial charge in [-0.25, -0.2) is 14.4 Å². The number of halogens is 1. The van der Waals surface area contributed by atoms with Crippen LogP contribution < -0.4 is 5.32 Å². The maximum atomic E-state index is 14.0. The van der Waals surface area contributed by atoms with Crippen LogP contribution in [-0.2, 0) is 6.54 Å². The summed E-state index contributed by atoms with van der Waals surface area (Å²) < 4.78 is 15.9. The smallest absolute Gasteiger partial charge is 0.253 e. The second-order valence-corrected chi connectivity index (χ2v) is 7.14. The van der Waals surface area contributed by atoms with Crippen molar-refractivity contribution in [2.75, 3.05) is 6.54 Å². The second-order valence-electron chi connectivity index (χ2n) is 7.14. The van der Waals surface area contributed by atoms with Crippen LogP contribution >= 0.6 is 0 Å². The summed E-state index contributed by atoms with van der Waals surface area (Å²) in [6.45, 7) is 10.8. The van der Waals surface area contributed by atoms with Crippen LogP contribution in [0.4, 0.5) is 4.39 Å². The number of benzene rings is 1. The molecule has 6 nitrogen and oxygen atoms in total. The molecule has 3 rings (SSSR count). The van der Waals surface area contributed by atoms with E-state index < -0.39 is 5.82 Å². The van der Waals surface area contributed by atoms with Crippen LogP contribution in [0.15, 0.2) is 18.2 Å². The molecule has 142 valence electrons. The third kappa shape index (κ3) is 4.13. The first-order chi connectivity index (χ1) is 12.7. The lowest BCUT2D eigenvalue weighted by Gasteiger charge is -2.15. The first-order valence-corrected chi connectivity index (χ1v) is 8.98. The largest absolute Gasteiger partial charge is 0.352 e. The zero-order chi connectivity index (χ0) is 19.7. The van der Waals surface area contributed by atoms with Gasteiger partial charge in [0.05, 0.1) is 28.2 Å². The molecule has 1 unspecified atom stereocenters. The third-order valence-corrected chi connectivity index (χ3v) is 4.59. The van der Waals surface area contributed by atoms with Crippen LogP contribution in [-0.4, -0.2) is 32.2 Å². The molecular weight excluding hydrogens is 345 g/mol. The van der Waals surface area contributed by atoms with Gasteiger partial charge in [-0.05, 0) is 45.7 Å². The number of hydrogen-bond acceptors (Lipinski definition) is 4. The van der Waals surface area contributed by atoms with Gasteiger partial charge in [0.1, 0.15) is 11.3 Å². The van der Waals surface area contributed by atoms with Gasteiger partial charge in [0.15, 0.2) is 0 Å². The number of nitrogens with zero attached hydrogens (tertiary/aromatic N) is 4. The molecule has 27 heavy (non-hydrogen) atoms. The molecule has 2 heterocycles. The Labute approximate surface area is 157 Å². The number of aromatic nitrogens is 4. The number of amides is 1. The number of carbonyl (C=O) groups is 1. The Morgan fingerprint density at radius 2 is 1.85 bits per heavy atom. The summed E-state index contributed by atoms with van der Waals surface area (Å²) in [7, 11) is 0. The van der Waals surface area contributed by atoms with Crippen LogP contribution in [0, 0.1) is 39.4 Å². The molecule has 0 aliphatic rings. The molecule has 3 aromatic rings. The van der Waals surface area contributed by atoms with Crippen molar-refractivity contribution < 1.29 is 9.18 Å². The van der Waals surface area contributed by atoms with Crippen molar-refractivity contribution in [1.82, 2.24) is 25.1 Å². The number of carbonyl (C=O) groups excluding carboxylic acids is 1. The Morgan fingerprint density at radius 1 is 1.15 bits per heavy atom. The van der Waals surface area contributed by atoms with E-state index in [1.54, 1.807) is 0 Å². The van der Waals surface area contributed by atoms with Gasteiger partial charge >= 0.3 is 0 Å². The Bertz CT molecular complexity index is 1010. The molecule has 0 bridgehead atoms. The van der Waals surface area contributed by atoms with Gasteiger partial charge in [0.2, 0.25) is 0 Å². The van der Waals surface area contributed by atoms with Gasteiger partial charge in [0.25, 0.3) is 5.91 Å². The molecular formula is C20H24FN5O. The molecule has 0 radical (unpaired) electrons. The fourth-order valence-electron chi connectivity index (χ4n) is 3.05. The van der Waals surface area contributed by atoms with Crippen LogP contribution in [0.5, 0.6) is 0 Å². The minimum Gasteiger partial charge on any atom is -0.352 e. The van der Waals surface area contributed by atoms with Gasteiger partial charge in [0, 0.05) is 24.8 Å². The summed E-state index contributed by atoms with van der Waals surface area (Å²) in [6, 6.07) is 4.54. The van der Waals surface area contributed by atoms with E-state index in [-0.39, 0.29) is 17.4 Å². The summed E-state index contributed by atoms with van der Waals surface area (Å²) in [5.41, 5.74) is 4.52. The fourth-order valence-corrected chi connectivity index (χ4v) is 3.05. The standard InChI is InChI=1S/C20H24FN5O/c1-11(10-26-13(3)6-12(2)25-26)9-22-20(27)17-7-16(21)8-18-19(17)24-15(5)14(4)23-18/h6-8,11H,9-10H2,1-5H3,(H,22,27). The summed E-state index contributed by atoms with van der Waals surface area (Å²) in [4.78, 5) is 21.5. The number of nitrogens with one attached hydrogen (secondary N) is 1. The Morgan fingerprint density at radius 3 is 2.52 bits per heavy atom. The van der Waals surface area contributed by atoms with Gasteiger partial charge in [-0.15, -0.1) is 0 Å². The normalized spacial score (nSPS) is 12.4. The lowest BCUT2D eigenvalue weighted by Crippen LogP contribution is -2.30. The van der Waals surface area contributed by atoms with Gasteiger partial charge in [-0.1, -0.05) is 6.92 Å². The van der Waals surface area contributed by atoms with Crippen molar-refractivity contribution in [1.29, 1.82) is 0 Å². The summed E-state index contributed by atoms with van der Waals surface area (Å²) in [5.74, 6) is -0.681. The zero-order valence-electron chi connectivity index (χ0n) is 16.3. The topological polar surface area (TPSA) is 72.7 Å². The lowest BCUT2D eigenvalue weighted by molar-refractivity contribution is 0.0947. The molecule has 1 aromatic carbocycles.